The molecule has 0 heterocycles. The van der Waals surface area contributed by atoms with E-state index >= 15 is 0 Å². The van der Waals surface area contributed by atoms with Gasteiger partial charge in [0.2, 0.25) is 0 Å². The van der Waals surface area contributed by atoms with Gasteiger partial charge in [0.1, 0.15) is 0 Å². The first kappa shape index (κ1) is 13.1. The van der Waals surface area contributed by atoms with Crippen LogP contribution in [0.15, 0.2) is 24.3 Å². The molecule has 0 aromatic heterocycles. The van der Waals surface area contributed by atoms with Crippen LogP contribution in [0.25, 0.3) is 0 Å². The maximum absolute atomic E-state index is 11.4. The molecule has 0 aliphatic heterocycles. The summed E-state index contributed by atoms with van der Waals surface area (Å²) in [5, 5.41) is 10.1. The van der Waals surface area contributed by atoms with E-state index in [1.165, 1.54) is 7.11 Å². The fraction of sp³-hybridized carbons (Fsp3) is 0.500. The van der Waals surface area contributed by atoms with Gasteiger partial charge in [-0.15, -0.1) is 0 Å². The summed E-state index contributed by atoms with van der Waals surface area (Å²) in [6.45, 7) is 0. The van der Waals surface area contributed by atoms with E-state index in [-0.39, 0.29) is 5.97 Å². The first-order valence-electron chi connectivity index (χ1n) is 6.25. The minimum Gasteiger partial charge on any atom is -0.465 e. The standard InChI is InChI=1S/C14H19NO3/c1-18-14(17)11-7-3-6-10(8-11)12(15)13(16)9-4-2-5-9/h3,6-9,12-13,16H,2,4-5,15H2,1H3/t12-,13+/m1/s1. The third kappa shape index (κ3) is 2.54. The molecule has 98 valence electrons. The largest absolute Gasteiger partial charge is 0.465 e. The Morgan fingerprint density at radius 1 is 1.50 bits per heavy atom. The number of rotatable bonds is 4. The number of aliphatic hydroxyl groups excluding tert-OH is 1. The first-order valence-corrected chi connectivity index (χ1v) is 6.25. The predicted molar refractivity (Wildman–Crippen MR) is 68.1 cm³/mol. The number of carbonyl (C=O) groups excluding carboxylic acids is 1. The van der Waals surface area contributed by atoms with Crippen LogP contribution in [-0.2, 0) is 4.74 Å². The third-order valence-electron chi connectivity index (χ3n) is 3.69. The molecule has 1 aliphatic carbocycles. The van der Waals surface area contributed by atoms with Crippen molar-refractivity contribution in [3.63, 3.8) is 0 Å². The highest BCUT2D eigenvalue weighted by atomic mass is 16.5. The molecule has 1 saturated carbocycles. The lowest BCUT2D eigenvalue weighted by Gasteiger charge is -2.33. The van der Waals surface area contributed by atoms with E-state index in [0.29, 0.717) is 11.5 Å². The van der Waals surface area contributed by atoms with Crippen molar-refractivity contribution < 1.29 is 14.6 Å². The fourth-order valence-electron chi connectivity index (χ4n) is 2.26. The Kier molecular flexibility index (Phi) is 3.99. The molecule has 0 radical (unpaired) electrons. The second kappa shape index (κ2) is 5.50. The summed E-state index contributed by atoms with van der Waals surface area (Å²) in [4.78, 5) is 11.4. The van der Waals surface area contributed by atoms with Gasteiger partial charge in [-0.3, -0.25) is 0 Å². The van der Waals surface area contributed by atoms with E-state index in [2.05, 4.69) is 4.74 Å². The van der Waals surface area contributed by atoms with Gasteiger partial charge in [0.05, 0.1) is 24.8 Å². The summed E-state index contributed by atoms with van der Waals surface area (Å²) in [7, 11) is 1.35. The van der Waals surface area contributed by atoms with Crippen LogP contribution in [0.3, 0.4) is 0 Å². The zero-order chi connectivity index (χ0) is 13.1. The van der Waals surface area contributed by atoms with Crippen molar-refractivity contribution in [3.05, 3.63) is 35.4 Å². The lowest BCUT2D eigenvalue weighted by Crippen LogP contribution is -2.36. The maximum Gasteiger partial charge on any atom is 0.337 e. The van der Waals surface area contributed by atoms with Gasteiger partial charge in [-0.1, -0.05) is 18.6 Å². The highest BCUT2D eigenvalue weighted by Crippen LogP contribution is 2.34. The molecule has 1 aromatic carbocycles. The normalized spacial score (nSPS) is 18.8. The summed E-state index contributed by atoms with van der Waals surface area (Å²) < 4.78 is 4.67. The van der Waals surface area contributed by atoms with Gasteiger partial charge in [-0.2, -0.15) is 0 Å². The van der Waals surface area contributed by atoms with Gasteiger partial charge in [-0.05, 0) is 36.5 Å². The molecule has 2 atom stereocenters. The molecular formula is C14H19NO3. The van der Waals surface area contributed by atoms with Crippen molar-refractivity contribution >= 4 is 5.97 Å². The second-order valence-electron chi connectivity index (χ2n) is 4.82. The number of hydrogen-bond acceptors (Lipinski definition) is 4. The highest BCUT2D eigenvalue weighted by molar-refractivity contribution is 5.89. The minimum absolute atomic E-state index is 0.293. The number of methoxy groups -OCH3 is 1. The molecule has 0 unspecified atom stereocenters. The highest BCUT2D eigenvalue weighted by Gasteiger charge is 2.30. The summed E-state index contributed by atoms with van der Waals surface area (Å²) in [5.74, 6) is -0.0935. The Labute approximate surface area is 107 Å². The Hall–Kier alpha value is -1.39. The lowest BCUT2D eigenvalue weighted by molar-refractivity contribution is 0.0412. The van der Waals surface area contributed by atoms with Gasteiger partial charge in [0.25, 0.3) is 0 Å². The zero-order valence-corrected chi connectivity index (χ0v) is 10.5. The molecule has 1 aromatic rings. The van der Waals surface area contributed by atoms with Crippen LogP contribution in [0.1, 0.15) is 41.2 Å². The summed E-state index contributed by atoms with van der Waals surface area (Å²) in [6.07, 6.45) is 2.69. The number of esters is 1. The lowest BCUT2D eigenvalue weighted by atomic mass is 9.77. The SMILES string of the molecule is COC(=O)c1cccc([C@@H](N)[C@@H](O)C2CCC2)c1. The summed E-state index contributed by atoms with van der Waals surface area (Å²) in [6, 6.07) is 6.52. The molecule has 0 saturated heterocycles. The summed E-state index contributed by atoms with van der Waals surface area (Å²) >= 11 is 0. The smallest absolute Gasteiger partial charge is 0.337 e. The summed E-state index contributed by atoms with van der Waals surface area (Å²) in [5.41, 5.74) is 7.30. The molecule has 4 heteroatoms. The average molecular weight is 249 g/mol. The molecule has 4 nitrogen and oxygen atoms in total. The second-order valence-corrected chi connectivity index (χ2v) is 4.82. The van der Waals surface area contributed by atoms with Crippen molar-refractivity contribution in [3.8, 4) is 0 Å². The molecular weight excluding hydrogens is 230 g/mol. The Balaban J connectivity index is 2.14. The minimum atomic E-state index is -0.536. The number of benzene rings is 1. The molecule has 0 amide bonds. The van der Waals surface area contributed by atoms with Crippen LogP contribution in [0.5, 0.6) is 0 Å². The van der Waals surface area contributed by atoms with Gasteiger partial charge in [0.15, 0.2) is 0 Å². The molecule has 0 spiro atoms. The molecule has 2 rings (SSSR count). The number of aliphatic hydroxyl groups is 1. The van der Waals surface area contributed by atoms with Gasteiger partial charge in [0, 0.05) is 0 Å². The quantitative estimate of drug-likeness (QED) is 0.796. The average Bonchev–Trinajstić information content (AvgIpc) is 2.35. The number of nitrogens with two attached hydrogens (primary N) is 1. The van der Waals surface area contributed by atoms with Crippen LogP contribution in [-0.4, -0.2) is 24.3 Å². The van der Waals surface area contributed by atoms with Gasteiger partial charge < -0.3 is 15.6 Å². The zero-order valence-electron chi connectivity index (χ0n) is 10.5. The topological polar surface area (TPSA) is 72.5 Å². The fourth-order valence-corrected chi connectivity index (χ4v) is 2.26. The van der Waals surface area contributed by atoms with Gasteiger partial charge in [-0.25, -0.2) is 4.79 Å². The van der Waals surface area contributed by atoms with Gasteiger partial charge >= 0.3 is 5.97 Å². The van der Waals surface area contributed by atoms with Crippen molar-refractivity contribution in [1.29, 1.82) is 0 Å². The van der Waals surface area contributed by atoms with E-state index < -0.39 is 12.1 Å². The van der Waals surface area contributed by atoms with Crippen molar-refractivity contribution in [2.45, 2.75) is 31.4 Å². The number of carbonyl (C=O) groups is 1. The van der Waals surface area contributed by atoms with Crippen molar-refractivity contribution in [2.75, 3.05) is 7.11 Å². The Morgan fingerprint density at radius 2 is 2.22 bits per heavy atom. The van der Waals surface area contributed by atoms with Crippen LogP contribution in [0.2, 0.25) is 0 Å². The number of hydrogen-bond donors (Lipinski definition) is 2. The van der Waals surface area contributed by atoms with Crippen LogP contribution < -0.4 is 5.73 Å². The maximum atomic E-state index is 11.4. The molecule has 1 fully saturated rings. The first-order chi connectivity index (χ1) is 8.63. The molecule has 0 bridgehead atoms. The molecule has 1 aliphatic rings. The van der Waals surface area contributed by atoms with E-state index in [1.54, 1.807) is 18.2 Å². The monoisotopic (exact) mass is 249 g/mol. The predicted octanol–water partition coefficient (Wildman–Crippen LogP) is 1.63. The molecule has 18 heavy (non-hydrogen) atoms. The number of ether oxygens (including phenoxy) is 1. The van der Waals surface area contributed by atoms with E-state index in [4.69, 9.17) is 5.73 Å². The Morgan fingerprint density at radius 3 is 2.78 bits per heavy atom. The molecule has 3 N–H and O–H groups in total. The van der Waals surface area contributed by atoms with Crippen LogP contribution in [0.4, 0.5) is 0 Å². The Bertz CT molecular complexity index is 429. The van der Waals surface area contributed by atoms with Crippen LogP contribution >= 0.6 is 0 Å². The van der Waals surface area contributed by atoms with E-state index in [9.17, 15) is 9.90 Å². The van der Waals surface area contributed by atoms with E-state index in [1.807, 2.05) is 6.07 Å². The third-order valence-corrected chi connectivity index (χ3v) is 3.69. The van der Waals surface area contributed by atoms with E-state index in [0.717, 1.165) is 24.8 Å². The van der Waals surface area contributed by atoms with Crippen molar-refractivity contribution in [2.24, 2.45) is 11.7 Å². The van der Waals surface area contributed by atoms with Crippen molar-refractivity contribution in [1.82, 2.24) is 0 Å². The van der Waals surface area contributed by atoms with Crippen LogP contribution in [0, 0.1) is 5.92 Å².